The van der Waals surface area contributed by atoms with Crippen molar-refractivity contribution in [2.24, 2.45) is 35.0 Å². The number of hydrogen-bond acceptors (Lipinski definition) is 14. The molecule has 11 unspecified atom stereocenters. The third kappa shape index (κ3) is 20.6. The number of carboxylic acids is 1. The number of nitrogens with one attached hydrogen (secondary N) is 7. The first-order valence-electron chi connectivity index (χ1n) is 25.1. The number of phenolic OH excluding ortho intramolecular Hbond substituents is 1. The number of aliphatic carboxylic acids is 1. The van der Waals surface area contributed by atoms with Crippen molar-refractivity contribution >= 4 is 59.1 Å². The summed E-state index contributed by atoms with van der Waals surface area (Å²) in [6, 6.07) is -5.76. The van der Waals surface area contributed by atoms with Crippen LogP contribution < -0.4 is 54.4 Å². The van der Waals surface area contributed by atoms with Gasteiger partial charge < -0.3 is 74.6 Å². The van der Waals surface area contributed by atoms with Gasteiger partial charge in [-0.15, -0.1) is 0 Å². The van der Waals surface area contributed by atoms with Crippen LogP contribution in [0.5, 0.6) is 5.75 Å². The van der Waals surface area contributed by atoms with E-state index in [9.17, 15) is 63.3 Å². The number of phenols is 1. The SMILES string of the molecule is CCC(C)C(NC(=O)C(Cc1ccc(O)cc1)NC(=O)C1CCCN1C(=O)C(NC(=O)C(CCCCN)NC(=O)C(CCC(N)=O)NC(=O)C(C)N)C(C)O)C(=O)NC(C(=O)NC(CC(C)C)C(=O)O)C(C)C. The van der Waals surface area contributed by atoms with Gasteiger partial charge in [0, 0.05) is 19.4 Å². The average Bonchev–Trinajstić information content (AvgIpc) is 3.82. The summed E-state index contributed by atoms with van der Waals surface area (Å²) in [5.74, 6) is -9.50. The zero-order valence-corrected chi connectivity index (χ0v) is 43.4. The molecular weight excluding hydrogens is 951 g/mol. The normalized spacial score (nSPS) is 17.5. The Hall–Kier alpha value is -6.40. The van der Waals surface area contributed by atoms with Crippen molar-refractivity contribution in [2.45, 2.75) is 180 Å². The first-order chi connectivity index (χ1) is 34.2. The summed E-state index contributed by atoms with van der Waals surface area (Å²) in [5, 5.41) is 48.9. The number of aliphatic hydroxyl groups excluding tert-OH is 1. The molecule has 1 aromatic rings. The highest BCUT2D eigenvalue weighted by Gasteiger charge is 2.42. The number of aliphatic hydroxyl groups is 1. The Labute approximate surface area is 427 Å². The molecule has 73 heavy (non-hydrogen) atoms. The van der Waals surface area contributed by atoms with E-state index < -0.39 is 131 Å². The molecule has 2 rings (SSSR count). The van der Waals surface area contributed by atoms with Crippen molar-refractivity contribution in [1.82, 2.24) is 42.1 Å². The quantitative estimate of drug-likeness (QED) is 0.0368. The minimum atomic E-state index is -1.65. The van der Waals surface area contributed by atoms with Crippen LogP contribution >= 0.6 is 0 Å². The Morgan fingerprint density at radius 2 is 1.22 bits per heavy atom. The number of carbonyl (C=O) groups excluding carboxylic acids is 9. The van der Waals surface area contributed by atoms with E-state index in [1.807, 2.05) is 0 Å². The van der Waals surface area contributed by atoms with Crippen LogP contribution in [0.2, 0.25) is 0 Å². The number of unbranched alkanes of at least 4 members (excludes halogenated alkanes) is 1. The van der Waals surface area contributed by atoms with Gasteiger partial charge in [0.1, 0.15) is 54.1 Å². The number of primary amides is 1. The topological polar surface area (TPSA) is 397 Å². The van der Waals surface area contributed by atoms with Gasteiger partial charge in [0.15, 0.2) is 0 Å². The van der Waals surface area contributed by atoms with Crippen LogP contribution in [0.15, 0.2) is 24.3 Å². The van der Waals surface area contributed by atoms with Gasteiger partial charge in [0.05, 0.1) is 12.1 Å². The third-order valence-corrected chi connectivity index (χ3v) is 12.6. The van der Waals surface area contributed by atoms with Crippen molar-refractivity contribution in [1.29, 1.82) is 0 Å². The third-order valence-electron chi connectivity index (χ3n) is 12.6. The van der Waals surface area contributed by atoms with Gasteiger partial charge >= 0.3 is 5.97 Å². The summed E-state index contributed by atoms with van der Waals surface area (Å²) < 4.78 is 0. The number of aromatic hydroxyl groups is 1. The molecule has 0 spiro atoms. The van der Waals surface area contributed by atoms with Crippen LogP contribution in [0.25, 0.3) is 0 Å². The molecule has 24 nitrogen and oxygen atoms in total. The highest BCUT2D eigenvalue weighted by atomic mass is 16.4. The molecule has 1 heterocycles. The predicted octanol–water partition coefficient (Wildman–Crippen LogP) is -1.73. The Morgan fingerprint density at radius 3 is 1.75 bits per heavy atom. The van der Waals surface area contributed by atoms with Crippen molar-refractivity contribution in [3.8, 4) is 5.75 Å². The Bertz CT molecular complexity index is 2050. The molecule has 11 atom stereocenters. The number of hydrogen-bond donors (Lipinski definition) is 13. The van der Waals surface area contributed by atoms with Crippen LogP contribution in [0.3, 0.4) is 0 Å². The molecule has 9 amide bonds. The van der Waals surface area contributed by atoms with E-state index in [1.165, 1.54) is 38.1 Å². The second-order valence-corrected chi connectivity index (χ2v) is 19.7. The Kier molecular flexibility index (Phi) is 26.3. The lowest BCUT2D eigenvalue weighted by Gasteiger charge is -2.32. The number of benzene rings is 1. The lowest BCUT2D eigenvalue weighted by molar-refractivity contribution is -0.145. The molecule has 1 aliphatic heterocycles. The van der Waals surface area contributed by atoms with Crippen LogP contribution in [0.4, 0.5) is 0 Å². The fourth-order valence-corrected chi connectivity index (χ4v) is 8.05. The second kappa shape index (κ2) is 30.6. The maximum absolute atomic E-state index is 14.4. The standard InChI is InChI=1S/C49H81N11O13/c1-9-27(6)39(47(70)57-38(26(4)5)46(69)56-35(49(72)73)23-25(2)3)58-44(67)34(24-30-15-17-31(62)18-16-30)55-45(68)36-14-12-22-60(36)48(71)40(29(8)61)59-43(66)32(13-10-11-21-50)54-42(65)33(19-20-37(52)63)53-41(64)28(7)51/h15-18,25-29,32-36,38-40,61-62H,9-14,19-24,50-51H2,1-8H3,(H2,52,63)(H,53,64)(H,54,65)(H,55,68)(H,56,69)(H,57,70)(H,58,67)(H,59,66)(H,72,73). The molecule has 1 fully saturated rings. The predicted molar refractivity (Wildman–Crippen MR) is 268 cm³/mol. The van der Waals surface area contributed by atoms with E-state index in [0.29, 0.717) is 31.2 Å². The maximum atomic E-state index is 14.4. The molecule has 1 aliphatic rings. The summed E-state index contributed by atoms with van der Waals surface area (Å²) in [7, 11) is 0. The summed E-state index contributed by atoms with van der Waals surface area (Å²) in [5.41, 5.74) is 17.1. The number of amides is 9. The second-order valence-electron chi connectivity index (χ2n) is 19.7. The number of carboxylic acid groups (broad SMARTS) is 1. The van der Waals surface area contributed by atoms with E-state index in [-0.39, 0.29) is 63.3 Å². The smallest absolute Gasteiger partial charge is 0.326 e. The number of rotatable bonds is 31. The fourth-order valence-electron chi connectivity index (χ4n) is 8.05. The highest BCUT2D eigenvalue weighted by Crippen LogP contribution is 2.21. The maximum Gasteiger partial charge on any atom is 0.326 e. The number of nitrogens with zero attached hydrogens (tertiary/aromatic N) is 1. The van der Waals surface area contributed by atoms with Crippen LogP contribution in [0, 0.1) is 17.8 Å². The first-order valence-corrected chi connectivity index (χ1v) is 25.1. The zero-order chi connectivity index (χ0) is 55.3. The Morgan fingerprint density at radius 1 is 0.685 bits per heavy atom. The first kappa shape index (κ1) is 62.7. The van der Waals surface area contributed by atoms with Crippen LogP contribution in [-0.4, -0.2) is 153 Å². The summed E-state index contributed by atoms with van der Waals surface area (Å²) in [4.78, 5) is 135. The molecule has 1 saturated heterocycles. The lowest BCUT2D eigenvalue weighted by atomic mass is 9.95. The summed E-state index contributed by atoms with van der Waals surface area (Å²) in [6.07, 6.45) is -0.468. The molecule has 0 aliphatic carbocycles. The van der Waals surface area contributed by atoms with Crippen molar-refractivity contribution in [3.63, 3.8) is 0 Å². The van der Waals surface area contributed by atoms with E-state index in [2.05, 4.69) is 37.2 Å². The number of nitrogens with two attached hydrogens (primary N) is 3. The van der Waals surface area contributed by atoms with E-state index in [1.54, 1.807) is 41.5 Å². The van der Waals surface area contributed by atoms with Gasteiger partial charge in [-0.05, 0) is 101 Å². The van der Waals surface area contributed by atoms with Gasteiger partial charge in [-0.3, -0.25) is 43.2 Å². The van der Waals surface area contributed by atoms with Crippen molar-refractivity contribution < 1.29 is 63.3 Å². The van der Waals surface area contributed by atoms with Crippen molar-refractivity contribution in [3.05, 3.63) is 29.8 Å². The minimum absolute atomic E-state index is 0.00778. The lowest BCUT2D eigenvalue weighted by Crippen LogP contribution is -2.62. The van der Waals surface area contributed by atoms with Crippen LogP contribution in [-0.2, 0) is 54.4 Å². The van der Waals surface area contributed by atoms with E-state index in [0.717, 1.165) is 4.90 Å². The van der Waals surface area contributed by atoms with Gasteiger partial charge in [-0.1, -0.05) is 60.1 Å². The molecule has 0 saturated carbocycles. The number of likely N-dealkylation sites (tertiary alicyclic amines) is 1. The molecule has 1 aromatic carbocycles. The monoisotopic (exact) mass is 1030 g/mol. The molecular formula is C49H81N11O13. The summed E-state index contributed by atoms with van der Waals surface area (Å²) >= 11 is 0. The summed E-state index contributed by atoms with van der Waals surface area (Å²) in [6.45, 7) is 13.3. The fraction of sp³-hybridized carbons (Fsp3) is 0.673. The molecule has 16 N–H and O–H groups in total. The molecule has 410 valence electrons. The van der Waals surface area contributed by atoms with Crippen molar-refractivity contribution in [2.75, 3.05) is 13.1 Å². The molecule has 0 radical (unpaired) electrons. The molecule has 0 aromatic heterocycles. The molecule has 24 heteroatoms. The van der Waals surface area contributed by atoms with Gasteiger partial charge in [-0.25, -0.2) is 4.79 Å². The highest BCUT2D eigenvalue weighted by molar-refractivity contribution is 5.98. The zero-order valence-electron chi connectivity index (χ0n) is 43.4. The largest absolute Gasteiger partial charge is 0.508 e. The average molecular weight is 1030 g/mol. The van der Waals surface area contributed by atoms with E-state index in [4.69, 9.17) is 17.2 Å². The Balaban J connectivity index is 2.44. The van der Waals surface area contributed by atoms with Gasteiger partial charge in [-0.2, -0.15) is 0 Å². The molecule has 0 bridgehead atoms. The minimum Gasteiger partial charge on any atom is -0.508 e. The van der Waals surface area contributed by atoms with E-state index >= 15 is 0 Å². The number of carbonyl (C=O) groups is 10. The van der Waals surface area contributed by atoms with Crippen LogP contribution in [0.1, 0.15) is 119 Å². The van der Waals surface area contributed by atoms with Gasteiger partial charge in [0.2, 0.25) is 53.2 Å². The van der Waals surface area contributed by atoms with Gasteiger partial charge in [0.25, 0.3) is 0 Å².